The van der Waals surface area contributed by atoms with Gasteiger partial charge in [-0.25, -0.2) is 23.4 Å². The molecule has 2 heterocycles. The van der Waals surface area contributed by atoms with Gasteiger partial charge in [-0.2, -0.15) is 0 Å². The van der Waals surface area contributed by atoms with E-state index in [4.69, 9.17) is 5.11 Å². The van der Waals surface area contributed by atoms with Crippen molar-refractivity contribution in [3.63, 3.8) is 0 Å². The number of amides is 1. The number of fused-ring (bicyclic) bond motifs is 1. The molecule has 5 N–H and O–H groups in total. The molecule has 0 spiro atoms. The monoisotopic (exact) mass is 503 g/mol. The first-order chi connectivity index (χ1) is 16.2. The first-order valence-corrected chi connectivity index (χ1v) is 12.3. The number of carbonyl (C=O) groups is 1. The molecule has 34 heavy (non-hydrogen) atoms. The average Bonchev–Trinajstić information content (AvgIpc) is 3.37. The summed E-state index contributed by atoms with van der Waals surface area (Å²) in [6.07, 6.45) is -0.108. The van der Waals surface area contributed by atoms with Crippen LogP contribution in [0.1, 0.15) is 45.6 Å². The van der Waals surface area contributed by atoms with Crippen LogP contribution >= 0.6 is 11.8 Å². The fraction of sp³-hybridized carbons (Fsp3) is 0.750. The number of nitrogens with one attached hydrogen (secondary N) is 2. The summed E-state index contributed by atoms with van der Waals surface area (Å²) >= 11 is 1.46. The highest BCUT2D eigenvalue weighted by Gasteiger charge is 2.47. The van der Waals surface area contributed by atoms with Gasteiger partial charge in [0, 0.05) is 12.3 Å². The van der Waals surface area contributed by atoms with E-state index in [1.807, 2.05) is 12.2 Å². The molecule has 0 aliphatic heterocycles. The smallest absolute Gasteiger partial charge is 0.287 e. The minimum atomic E-state index is -3.48. The first kappa shape index (κ1) is 26.4. The van der Waals surface area contributed by atoms with Gasteiger partial charge in [-0.05, 0) is 19.3 Å². The molecule has 3 unspecified atom stereocenters. The molecule has 1 saturated carbocycles. The molecule has 0 saturated heterocycles. The molecule has 1 fully saturated rings. The predicted octanol–water partition coefficient (Wildman–Crippen LogP) is 0.962. The fourth-order valence-electron chi connectivity index (χ4n) is 3.71. The lowest BCUT2D eigenvalue weighted by Crippen LogP contribution is -2.44. The molecule has 2 aromatic heterocycles. The van der Waals surface area contributed by atoms with Crippen LogP contribution in [-0.2, 0) is 4.79 Å². The Bertz CT molecular complexity index is 980. The van der Waals surface area contributed by atoms with Crippen LogP contribution in [0.3, 0.4) is 0 Å². The van der Waals surface area contributed by atoms with E-state index < -0.39 is 49.1 Å². The van der Waals surface area contributed by atoms with Crippen molar-refractivity contribution in [1.82, 2.24) is 30.3 Å². The van der Waals surface area contributed by atoms with Gasteiger partial charge in [-0.1, -0.05) is 37.2 Å². The number of halogens is 2. The minimum absolute atomic E-state index is 0.0582. The summed E-state index contributed by atoms with van der Waals surface area (Å²) < 4.78 is 28.0. The third kappa shape index (κ3) is 5.90. The van der Waals surface area contributed by atoms with Gasteiger partial charge >= 0.3 is 0 Å². The Morgan fingerprint density at radius 3 is 2.68 bits per heavy atom. The van der Waals surface area contributed by atoms with E-state index in [9.17, 15) is 23.8 Å². The van der Waals surface area contributed by atoms with Crippen molar-refractivity contribution in [1.29, 1.82) is 0 Å². The quantitative estimate of drug-likeness (QED) is 0.160. The largest absolute Gasteiger partial charge is 0.390 e. The van der Waals surface area contributed by atoms with Crippen molar-refractivity contribution < 1.29 is 28.9 Å². The van der Waals surface area contributed by atoms with E-state index in [-0.39, 0.29) is 6.42 Å². The number of thioether (sulfide) groups is 1. The number of aliphatic hydroxyl groups is 3. The lowest BCUT2D eigenvalue weighted by molar-refractivity contribution is -0.131. The van der Waals surface area contributed by atoms with Crippen LogP contribution in [0.5, 0.6) is 0 Å². The number of carbonyl (C=O) groups excluding carboxylic acids is 1. The molecule has 0 aromatic carbocycles. The predicted molar refractivity (Wildman–Crippen MR) is 122 cm³/mol. The van der Waals surface area contributed by atoms with Crippen LogP contribution in [0, 0.1) is 5.92 Å². The van der Waals surface area contributed by atoms with Crippen molar-refractivity contribution in [2.45, 2.75) is 68.9 Å². The Labute approximate surface area is 199 Å². The lowest BCUT2D eigenvalue weighted by Gasteiger charge is -2.18. The van der Waals surface area contributed by atoms with Gasteiger partial charge in [0.15, 0.2) is 22.1 Å². The summed E-state index contributed by atoms with van der Waals surface area (Å²) in [7, 11) is 0. The molecule has 1 amide bonds. The maximum Gasteiger partial charge on any atom is 0.287 e. The second kappa shape index (κ2) is 11.5. The van der Waals surface area contributed by atoms with Crippen LogP contribution in [0.25, 0.3) is 11.2 Å². The number of aliphatic hydroxyl groups excluding tert-OH is 3. The van der Waals surface area contributed by atoms with E-state index in [1.54, 1.807) is 0 Å². The molecule has 1 aliphatic carbocycles. The fourth-order valence-corrected chi connectivity index (χ4v) is 4.41. The zero-order valence-corrected chi connectivity index (χ0v) is 19.9. The SMILES string of the molecule is CCCCNc1nc(SCCC)nc2c1nnn2C1C[C@H](C(=O)NCC(F)(F)CO)C(O)C1O. The molecule has 190 valence electrons. The molecule has 4 atom stereocenters. The van der Waals surface area contributed by atoms with E-state index >= 15 is 0 Å². The molecule has 14 heteroatoms. The third-order valence-corrected chi connectivity index (χ3v) is 6.67. The van der Waals surface area contributed by atoms with Gasteiger partial charge < -0.3 is 26.0 Å². The Kier molecular flexibility index (Phi) is 8.95. The van der Waals surface area contributed by atoms with Crippen molar-refractivity contribution in [2.75, 3.05) is 30.8 Å². The zero-order valence-electron chi connectivity index (χ0n) is 19.1. The van der Waals surface area contributed by atoms with Gasteiger partial charge in [-0.15, -0.1) is 5.10 Å². The molecule has 11 nitrogen and oxygen atoms in total. The normalized spacial score (nSPS) is 22.9. The molecule has 2 aromatic rings. The minimum Gasteiger partial charge on any atom is -0.390 e. The average molecular weight is 504 g/mol. The summed E-state index contributed by atoms with van der Waals surface area (Å²) in [5.41, 5.74) is 0.742. The number of anilines is 1. The summed E-state index contributed by atoms with van der Waals surface area (Å²) in [6, 6.07) is -0.850. The molecule has 1 aliphatic rings. The Morgan fingerprint density at radius 2 is 2.00 bits per heavy atom. The van der Waals surface area contributed by atoms with Crippen molar-refractivity contribution in [3.8, 4) is 0 Å². The standard InChI is InChI=1S/C20H31F2N7O4S/c1-3-5-6-23-16-13-17(26-19(25-16)34-7-4-2)29(28-27-13)12-8-11(14(31)15(12)32)18(33)24-9-20(21,22)10-30/h11-12,14-15,30-32H,3-10H2,1-2H3,(H,24,33)(H,23,25,26)/t11-,12?,14?,15?/m0/s1. The topological polar surface area (TPSA) is 158 Å². The second-order valence-electron chi connectivity index (χ2n) is 8.31. The Balaban J connectivity index is 1.87. The van der Waals surface area contributed by atoms with E-state index in [2.05, 4.69) is 32.5 Å². The van der Waals surface area contributed by atoms with E-state index in [0.717, 1.165) is 25.0 Å². The number of aromatic nitrogens is 5. The zero-order chi connectivity index (χ0) is 24.9. The summed E-state index contributed by atoms with van der Waals surface area (Å²) in [4.78, 5) is 21.5. The van der Waals surface area contributed by atoms with Gasteiger partial charge in [0.2, 0.25) is 5.91 Å². The van der Waals surface area contributed by atoms with Gasteiger partial charge in [-0.3, -0.25) is 4.79 Å². The molecular weight excluding hydrogens is 472 g/mol. The van der Waals surface area contributed by atoms with Crippen LogP contribution in [0.4, 0.5) is 14.6 Å². The van der Waals surface area contributed by atoms with Crippen LogP contribution in [-0.4, -0.2) is 89.8 Å². The van der Waals surface area contributed by atoms with E-state index in [1.165, 1.54) is 16.4 Å². The van der Waals surface area contributed by atoms with Gasteiger partial charge in [0.1, 0.15) is 12.7 Å². The van der Waals surface area contributed by atoms with Crippen molar-refractivity contribution in [2.24, 2.45) is 5.92 Å². The Hall–Kier alpha value is -2.16. The maximum absolute atomic E-state index is 13.3. The van der Waals surface area contributed by atoms with Crippen molar-refractivity contribution >= 4 is 34.7 Å². The third-order valence-electron chi connectivity index (χ3n) is 5.62. The molecule has 0 bridgehead atoms. The van der Waals surface area contributed by atoms with E-state index in [0.29, 0.717) is 28.7 Å². The summed E-state index contributed by atoms with van der Waals surface area (Å²) in [5.74, 6) is -4.16. The summed E-state index contributed by atoms with van der Waals surface area (Å²) in [5, 5.41) is 43.9. The number of hydrogen-bond donors (Lipinski definition) is 5. The summed E-state index contributed by atoms with van der Waals surface area (Å²) in [6.45, 7) is 2.30. The number of rotatable bonds is 12. The van der Waals surface area contributed by atoms with Gasteiger partial charge in [0.25, 0.3) is 5.92 Å². The van der Waals surface area contributed by atoms with Crippen molar-refractivity contribution in [3.05, 3.63) is 0 Å². The number of hydrogen-bond acceptors (Lipinski definition) is 10. The molecular formula is C20H31F2N7O4S. The lowest BCUT2D eigenvalue weighted by atomic mass is 10.0. The van der Waals surface area contributed by atoms with Crippen LogP contribution < -0.4 is 10.6 Å². The van der Waals surface area contributed by atoms with Crippen LogP contribution in [0.15, 0.2) is 5.16 Å². The highest BCUT2D eigenvalue weighted by atomic mass is 32.2. The highest BCUT2D eigenvalue weighted by Crippen LogP contribution is 2.37. The molecule has 0 radical (unpaired) electrons. The number of nitrogens with zero attached hydrogens (tertiary/aromatic N) is 5. The van der Waals surface area contributed by atoms with Gasteiger partial charge in [0.05, 0.1) is 24.6 Å². The second-order valence-corrected chi connectivity index (χ2v) is 9.37. The maximum atomic E-state index is 13.3. The number of alkyl halides is 2. The Morgan fingerprint density at radius 1 is 1.24 bits per heavy atom. The highest BCUT2D eigenvalue weighted by molar-refractivity contribution is 7.99. The van der Waals surface area contributed by atoms with Crippen LogP contribution in [0.2, 0.25) is 0 Å². The number of unbranched alkanes of at least 4 members (excludes halogenated alkanes) is 1. The first-order valence-electron chi connectivity index (χ1n) is 11.3. The molecule has 3 rings (SSSR count).